The predicted molar refractivity (Wildman–Crippen MR) is 172 cm³/mol. The van der Waals surface area contributed by atoms with Crippen molar-refractivity contribution in [1.82, 2.24) is 9.88 Å². The fourth-order valence-electron chi connectivity index (χ4n) is 6.39. The number of amides is 1. The molecular formula is C37H34N2O7. The smallest absolute Gasteiger partial charge is 0.307 e. The van der Waals surface area contributed by atoms with Gasteiger partial charge < -0.3 is 28.6 Å². The van der Waals surface area contributed by atoms with Crippen molar-refractivity contribution in [3.63, 3.8) is 0 Å². The number of cyclic esters (lactones) is 1. The summed E-state index contributed by atoms with van der Waals surface area (Å²) in [5, 5.41) is 12.7. The van der Waals surface area contributed by atoms with Crippen LogP contribution >= 0.6 is 0 Å². The number of para-hydroxylation sites is 2. The van der Waals surface area contributed by atoms with Crippen LogP contribution in [0.15, 0.2) is 95.4 Å². The number of aliphatic hydroxyl groups excluding tert-OH is 1. The highest BCUT2D eigenvalue weighted by atomic mass is 16.7. The van der Waals surface area contributed by atoms with Gasteiger partial charge in [0.25, 0.3) is 0 Å². The van der Waals surface area contributed by atoms with E-state index in [0.717, 1.165) is 27.4 Å². The monoisotopic (exact) mass is 618 g/mol. The highest BCUT2D eigenvalue weighted by molar-refractivity contribution is 5.90. The number of aromatic nitrogens is 1. The first kappa shape index (κ1) is 29.6. The van der Waals surface area contributed by atoms with E-state index in [1.807, 2.05) is 97.9 Å². The van der Waals surface area contributed by atoms with Gasteiger partial charge in [0, 0.05) is 18.5 Å². The Hall–Kier alpha value is -5.15. The average Bonchev–Trinajstić information content (AvgIpc) is 3.83. The Morgan fingerprint density at radius 2 is 1.78 bits per heavy atom. The molecule has 0 radical (unpaired) electrons. The third-order valence-electron chi connectivity index (χ3n) is 9.04. The zero-order valence-corrected chi connectivity index (χ0v) is 25.4. The number of hydrogen-bond donors (Lipinski definition) is 1. The number of allylic oxidation sites excluding steroid dienone is 1. The first-order valence-corrected chi connectivity index (χ1v) is 15.4. The third kappa shape index (κ3) is 5.70. The van der Waals surface area contributed by atoms with Crippen molar-refractivity contribution in [3.05, 3.63) is 108 Å². The predicted octanol–water partition coefficient (Wildman–Crippen LogP) is 6.24. The average molecular weight is 619 g/mol. The van der Waals surface area contributed by atoms with E-state index in [2.05, 4.69) is 11.1 Å². The molecule has 0 aliphatic carbocycles. The van der Waals surface area contributed by atoms with E-state index >= 15 is 0 Å². The molecule has 1 aromatic heterocycles. The standard InChI is InChI=1S/C37H34N2O7/c1-24(39(36(42)37(21-40)19-35(41)43-22-37)20-25-13-14-26-7-2-3-8-27(26)17-25)29(28-15-16-32-33(18-28)45-23-44-32)9-6-12-34-38-30-10-4-5-11-31(30)46-34/h2-8,10-18,24,29,40H,9,19-23H2,1H3/b12-6+/t24-,29+,37?/m1/s1. The molecular weight excluding hydrogens is 584 g/mol. The number of benzene rings is 4. The van der Waals surface area contributed by atoms with Crippen LogP contribution in [0, 0.1) is 5.41 Å². The van der Waals surface area contributed by atoms with E-state index in [9.17, 15) is 14.7 Å². The molecule has 1 fully saturated rings. The lowest BCUT2D eigenvalue weighted by Gasteiger charge is -2.39. The normalized spacial score (nSPS) is 18.7. The van der Waals surface area contributed by atoms with E-state index in [0.29, 0.717) is 29.4 Å². The van der Waals surface area contributed by atoms with Gasteiger partial charge in [0.1, 0.15) is 17.5 Å². The number of esters is 1. The highest BCUT2D eigenvalue weighted by Gasteiger charge is 2.50. The highest BCUT2D eigenvalue weighted by Crippen LogP contribution is 2.40. The van der Waals surface area contributed by atoms with Crippen molar-refractivity contribution in [1.29, 1.82) is 0 Å². The van der Waals surface area contributed by atoms with Crippen LogP contribution in [0.1, 0.15) is 42.7 Å². The first-order valence-electron chi connectivity index (χ1n) is 15.4. The van der Waals surface area contributed by atoms with Gasteiger partial charge in [0.2, 0.25) is 18.6 Å². The number of carbonyl (C=O) groups excluding carboxylic acids is 2. The second-order valence-corrected chi connectivity index (χ2v) is 12.0. The van der Waals surface area contributed by atoms with E-state index in [1.54, 1.807) is 4.90 Å². The van der Waals surface area contributed by atoms with Crippen molar-refractivity contribution in [2.45, 2.75) is 38.3 Å². The number of carbonyl (C=O) groups is 2. The molecule has 5 aromatic rings. The van der Waals surface area contributed by atoms with Crippen LogP contribution in [-0.4, -0.2) is 52.9 Å². The summed E-state index contributed by atoms with van der Waals surface area (Å²) in [6, 6.07) is 27.2. The minimum absolute atomic E-state index is 0.149. The van der Waals surface area contributed by atoms with Crippen LogP contribution in [0.2, 0.25) is 0 Å². The molecule has 1 amide bonds. The first-order chi connectivity index (χ1) is 22.4. The van der Waals surface area contributed by atoms with Gasteiger partial charge in [-0.05, 0) is 71.7 Å². The van der Waals surface area contributed by atoms with Crippen molar-refractivity contribution in [2.24, 2.45) is 5.41 Å². The summed E-state index contributed by atoms with van der Waals surface area (Å²) in [6.45, 7) is 1.77. The number of aliphatic hydroxyl groups is 1. The van der Waals surface area contributed by atoms with Gasteiger partial charge in [0.15, 0.2) is 17.1 Å². The summed E-state index contributed by atoms with van der Waals surface area (Å²) in [7, 11) is 0. The summed E-state index contributed by atoms with van der Waals surface area (Å²) in [6.07, 6.45) is 4.21. The quantitative estimate of drug-likeness (QED) is 0.183. The molecule has 0 spiro atoms. The van der Waals surface area contributed by atoms with E-state index in [1.165, 1.54) is 0 Å². The number of rotatable bonds is 10. The summed E-state index contributed by atoms with van der Waals surface area (Å²) in [4.78, 5) is 33.1. The van der Waals surface area contributed by atoms with Crippen molar-refractivity contribution in [3.8, 4) is 11.5 Å². The number of nitrogens with zero attached hydrogens (tertiary/aromatic N) is 2. The van der Waals surface area contributed by atoms with Crippen LogP contribution in [0.25, 0.3) is 27.9 Å². The summed E-state index contributed by atoms with van der Waals surface area (Å²) >= 11 is 0. The number of oxazole rings is 1. The Morgan fingerprint density at radius 3 is 2.59 bits per heavy atom. The van der Waals surface area contributed by atoms with Crippen LogP contribution in [-0.2, 0) is 20.9 Å². The van der Waals surface area contributed by atoms with Crippen LogP contribution in [0.4, 0.5) is 0 Å². The Balaban J connectivity index is 1.26. The second kappa shape index (κ2) is 12.3. The van der Waals surface area contributed by atoms with Gasteiger partial charge in [0.05, 0.1) is 13.0 Å². The van der Waals surface area contributed by atoms with Gasteiger partial charge in [-0.3, -0.25) is 9.59 Å². The van der Waals surface area contributed by atoms with E-state index in [4.69, 9.17) is 18.6 Å². The Kier molecular flexibility index (Phi) is 7.92. The molecule has 3 heterocycles. The maximum Gasteiger partial charge on any atom is 0.307 e. The molecule has 2 aliphatic rings. The van der Waals surface area contributed by atoms with Crippen molar-refractivity contribution >= 4 is 39.8 Å². The lowest BCUT2D eigenvalue weighted by Crippen LogP contribution is -2.51. The SMILES string of the molecule is C[C@H]([C@H](C/C=C/c1nc2ccccc2o1)c1ccc2c(c1)OCO2)N(Cc1ccc2ccccc2c1)C(=O)C1(CO)COC(=O)C1. The van der Waals surface area contributed by atoms with Crippen molar-refractivity contribution in [2.75, 3.05) is 20.0 Å². The van der Waals surface area contributed by atoms with E-state index < -0.39 is 18.0 Å². The van der Waals surface area contributed by atoms with Gasteiger partial charge in [-0.1, -0.05) is 60.7 Å². The molecule has 9 heteroatoms. The molecule has 46 heavy (non-hydrogen) atoms. The van der Waals surface area contributed by atoms with E-state index in [-0.39, 0.29) is 44.2 Å². The zero-order chi connectivity index (χ0) is 31.7. The fraction of sp³-hybridized carbons (Fsp3) is 0.270. The minimum atomic E-state index is -1.35. The molecule has 4 aromatic carbocycles. The van der Waals surface area contributed by atoms with Gasteiger partial charge in [-0.25, -0.2) is 4.98 Å². The topological polar surface area (TPSA) is 111 Å². The third-order valence-corrected chi connectivity index (χ3v) is 9.04. The molecule has 3 atom stereocenters. The fourth-order valence-corrected chi connectivity index (χ4v) is 6.39. The summed E-state index contributed by atoms with van der Waals surface area (Å²) in [5.74, 6) is 0.773. The molecule has 0 saturated carbocycles. The number of ether oxygens (including phenoxy) is 3. The van der Waals surface area contributed by atoms with Crippen LogP contribution in [0.5, 0.6) is 11.5 Å². The van der Waals surface area contributed by atoms with Gasteiger partial charge >= 0.3 is 5.97 Å². The molecule has 2 aliphatic heterocycles. The number of hydrogen-bond acceptors (Lipinski definition) is 8. The minimum Gasteiger partial charge on any atom is -0.464 e. The Labute approximate surface area is 266 Å². The molecule has 0 bridgehead atoms. The largest absolute Gasteiger partial charge is 0.464 e. The molecule has 9 nitrogen and oxygen atoms in total. The molecule has 1 saturated heterocycles. The number of fused-ring (bicyclic) bond motifs is 3. The molecule has 234 valence electrons. The van der Waals surface area contributed by atoms with Crippen molar-refractivity contribution < 1.29 is 33.3 Å². The second-order valence-electron chi connectivity index (χ2n) is 12.0. The van der Waals surface area contributed by atoms with Gasteiger partial charge in [-0.15, -0.1) is 0 Å². The Bertz CT molecular complexity index is 1920. The molecule has 1 N–H and O–H groups in total. The maximum atomic E-state index is 14.5. The van der Waals surface area contributed by atoms with Crippen LogP contribution in [0.3, 0.4) is 0 Å². The molecule has 7 rings (SSSR count). The Morgan fingerprint density at radius 1 is 0.978 bits per heavy atom. The zero-order valence-electron chi connectivity index (χ0n) is 25.4. The lowest BCUT2D eigenvalue weighted by atomic mass is 9.83. The van der Waals surface area contributed by atoms with Gasteiger partial charge in [-0.2, -0.15) is 0 Å². The lowest BCUT2D eigenvalue weighted by molar-refractivity contribution is -0.148. The van der Waals surface area contributed by atoms with Crippen LogP contribution < -0.4 is 9.47 Å². The summed E-state index contributed by atoms with van der Waals surface area (Å²) < 4.78 is 22.4. The molecule has 1 unspecified atom stereocenters. The maximum absolute atomic E-state index is 14.5. The summed E-state index contributed by atoms with van der Waals surface area (Å²) in [5.41, 5.74) is 2.02.